The maximum absolute atomic E-state index is 15.6. The van der Waals surface area contributed by atoms with Crippen LogP contribution in [0.3, 0.4) is 0 Å². The van der Waals surface area contributed by atoms with Crippen molar-refractivity contribution in [3.8, 4) is 20.9 Å². The zero-order valence-electron chi connectivity index (χ0n) is 24.8. The highest BCUT2D eigenvalue weighted by Gasteiger charge is 2.80. The van der Waals surface area contributed by atoms with Gasteiger partial charge in [0.05, 0.1) is 6.04 Å². The van der Waals surface area contributed by atoms with Crippen molar-refractivity contribution < 1.29 is 31.1 Å². The number of allylic oxidation sites excluding steroid dienone is 2. The number of alkyl halides is 6. The van der Waals surface area contributed by atoms with E-state index in [-0.39, 0.29) is 32.8 Å². The molecule has 0 fully saturated rings. The minimum Gasteiger partial charge on any atom is -0.346 e. The van der Waals surface area contributed by atoms with E-state index in [1.54, 1.807) is 54.6 Å². The number of benzene rings is 3. The van der Waals surface area contributed by atoms with E-state index in [2.05, 4.69) is 5.32 Å². The van der Waals surface area contributed by atoms with E-state index >= 15 is 26.3 Å². The number of nitrogens with one attached hydrogen (secondary N) is 1. The summed E-state index contributed by atoms with van der Waals surface area (Å²) in [6.45, 7) is 4.76. The van der Waals surface area contributed by atoms with Crippen molar-refractivity contribution in [1.82, 2.24) is 5.32 Å². The Bertz CT molecular complexity index is 1940. The normalized spacial score (nSPS) is 17.2. The van der Waals surface area contributed by atoms with Crippen molar-refractivity contribution >= 4 is 39.7 Å². The first kappa shape index (κ1) is 31.8. The lowest BCUT2D eigenvalue weighted by Crippen LogP contribution is -2.48. The van der Waals surface area contributed by atoms with Crippen molar-refractivity contribution in [1.29, 1.82) is 0 Å². The monoisotopic (exact) mass is 667 g/mol. The molecule has 6 rings (SSSR count). The Balaban J connectivity index is 1.39. The van der Waals surface area contributed by atoms with Crippen LogP contribution in [-0.4, -0.2) is 23.7 Å². The lowest BCUT2D eigenvalue weighted by Gasteiger charge is -2.25. The summed E-state index contributed by atoms with van der Waals surface area (Å²) in [5.41, 5.74) is -0.948. The van der Waals surface area contributed by atoms with Crippen LogP contribution in [0.4, 0.5) is 26.3 Å². The number of carbonyl (C=O) groups is 1. The molecule has 0 spiro atoms. The van der Waals surface area contributed by atoms with Crippen molar-refractivity contribution in [3.05, 3.63) is 129 Å². The van der Waals surface area contributed by atoms with Crippen LogP contribution in [0.5, 0.6) is 0 Å². The highest BCUT2D eigenvalue weighted by atomic mass is 32.1. The van der Waals surface area contributed by atoms with Gasteiger partial charge in [-0.3, -0.25) is 4.79 Å². The highest BCUT2D eigenvalue weighted by molar-refractivity contribution is 7.16. The van der Waals surface area contributed by atoms with E-state index in [0.717, 1.165) is 28.2 Å². The molecule has 0 radical (unpaired) electrons. The van der Waals surface area contributed by atoms with Gasteiger partial charge in [-0.15, -0.1) is 22.7 Å². The Hall–Kier alpha value is -4.15. The van der Waals surface area contributed by atoms with Gasteiger partial charge in [-0.25, -0.2) is 0 Å². The standard InChI is InChI=1S/C36H27F6NOS2/c1-20(23-10-6-4-7-11-23)43-33(44)26-16-14-25(15-17-26)30-19-28(22(3)46-30)32-31(34(37,38)36(41,42)35(32,39)40)27-18-29(45-21(27)2)24-12-8-5-9-13-24/h4-20H,1-3H3,(H,43,44)/t20-/m0/s1. The Morgan fingerprint density at radius 2 is 1.09 bits per heavy atom. The molecule has 46 heavy (non-hydrogen) atoms. The van der Waals surface area contributed by atoms with E-state index in [1.165, 1.54) is 26.0 Å². The van der Waals surface area contributed by atoms with Gasteiger partial charge in [-0.2, -0.15) is 26.3 Å². The lowest BCUT2D eigenvalue weighted by atomic mass is 9.94. The maximum atomic E-state index is 15.6. The molecule has 2 heterocycles. The average molecular weight is 668 g/mol. The maximum Gasteiger partial charge on any atom is 0.380 e. The second-order valence-electron chi connectivity index (χ2n) is 11.2. The summed E-state index contributed by atoms with van der Waals surface area (Å²) in [7, 11) is 0. The van der Waals surface area contributed by atoms with Crippen LogP contribution in [0.25, 0.3) is 32.0 Å². The number of hydrogen-bond acceptors (Lipinski definition) is 3. The van der Waals surface area contributed by atoms with Crippen LogP contribution in [0, 0.1) is 13.8 Å². The number of rotatable bonds is 7. The molecule has 0 unspecified atom stereocenters. The van der Waals surface area contributed by atoms with Gasteiger partial charge < -0.3 is 5.32 Å². The average Bonchev–Trinajstić information content (AvgIpc) is 3.64. The molecule has 2 nitrogen and oxygen atoms in total. The summed E-state index contributed by atoms with van der Waals surface area (Å²) in [5, 5.41) is 2.92. The minimum atomic E-state index is -5.65. The van der Waals surface area contributed by atoms with Crippen LogP contribution < -0.4 is 5.32 Å². The Morgan fingerprint density at radius 3 is 1.57 bits per heavy atom. The fraction of sp³-hybridized carbons (Fsp3) is 0.194. The summed E-state index contributed by atoms with van der Waals surface area (Å²) < 4.78 is 92.4. The molecule has 1 amide bonds. The number of carbonyl (C=O) groups excluding carboxylic acids is 1. The second-order valence-corrected chi connectivity index (χ2v) is 13.7. The first-order chi connectivity index (χ1) is 21.7. The van der Waals surface area contributed by atoms with Crippen LogP contribution in [-0.2, 0) is 0 Å². The highest BCUT2D eigenvalue weighted by Crippen LogP contribution is 2.66. The number of aryl methyl sites for hydroxylation is 2. The number of hydrogen-bond donors (Lipinski definition) is 1. The van der Waals surface area contributed by atoms with Crippen molar-refractivity contribution in [2.75, 3.05) is 0 Å². The molecule has 1 atom stereocenters. The summed E-state index contributed by atoms with van der Waals surface area (Å²) in [4.78, 5) is 14.2. The van der Waals surface area contributed by atoms with Crippen LogP contribution in [0.15, 0.2) is 97.1 Å². The van der Waals surface area contributed by atoms with Gasteiger partial charge in [0, 0.05) is 36.2 Å². The van der Waals surface area contributed by atoms with Crippen molar-refractivity contribution in [3.63, 3.8) is 0 Å². The van der Waals surface area contributed by atoms with Gasteiger partial charge in [-0.1, -0.05) is 72.8 Å². The first-order valence-electron chi connectivity index (χ1n) is 14.4. The fourth-order valence-electron chi connectivity index (χ4n) is 5.67. The van der Waals surface area contributed by atoms with Crippen LogP contribution in [0.1, 0.15) is 49.8 Å². The zero-order valence-corrected chi connectivity index (χ0v) is 26.4. The predicted molar refractivity (Wildman–Crippen MR) is 173 cm³/mol. The molecule has 5 aromatic rings. The molecule has 0 aliphatic heterocycles. The quantitative estimate of drug-likeness (QED) is 0.172. The third-order valence-corrected chi connectivity index (χ3v) is 10.4. The van der Waals surface area contributed by atoms with E-state index in [1.807, 2.05) is 37.3 Å². The molecular formula is C36H27F6NOS2. The van der Waals surface area contributed by atoms with Gasteiger partial charge in [0.2, 0.25) is 0 Å². The summed E-state index contributed by atoms with van der Waals surface area (Å²) in [6.07, 6.45) is 0. The lowest BCUT2D eigenvalue weighted by molar-refractivity contribution is -0.254. The third kappa shape index (κ3) is 5.17. The van der Waals surface area contributed by atoms with Gasteiger partial charge >= 0.3 is 17.8 Å². The van der Waals surface area contributed by atoms with Gasteiger partial charge in [-0.05, 0) is 72.9 Å². The fourth-order valence-corrected chi connectivity index (χ4v) is 7.73. The van der Waals surface area contributed by atoms with Gasteiger partial charge in [0.15, 0.2) is 0 Å². The molecule has 1 aliphatic carbocycles. The SMILES string of the molecule is Cc1sc(-c2ccccc2)cc1C1=C(c2cc(-c3ccc(C(=O)N[C@@H](C)c4ccccc4)cc3)sc2C)C(F)(F)C(F)(F)C1(F)F. The molecule has 236 valence electrons. The van der Waals surface area contributed by atoms with Crippen LogP contribution in [0.2, 0.25) is 0 Å². The smallest absolute Gasteiger partial charge is 0.346 e. The molecule has 0 saturated heterocycles. The molecule has 2 aromatic heterocycles. The Labute approximate surface area is 270 Å². The third-order valence-electron chi connectivity index (χ3n) is 8.18. The van der Waals surface area contributed by atoms with Crippen molar-refractivity contribution in [2.45, 2.75) is 44.6 Å². The second kappa shape index (κ2) is 11.6. The van der Waals surface area contributed by atoms with Crippen LogP contribution >= 0.6 is 22.7 Å². The van der Waals surface area contributed by atoms with E-state index in [4.69, 9.17) is 0 Å². The summed E-state index contributed by atoms with van der Waals surface area (Å²) in [6, 6.07) is 26.8. The summed E-state index contributed by atoms with van der Waals surface area (Å²) >= 11 is 2.10. The number of thiophene rings is 2. The van der Waals surface area contributed by atoms with Gasteiger partial charge in [0.1, 0.15) is 0 Å². The Morgan fingerprint density at radius 1 is 0.652 bits per heavy atom. The Kier molecular flexibility index (Phi) is 8.01. The zero-order chi connectivity index (χ0) is 33.0. The molecule has 1 N–H and O–H groups in total. The van der Waals surface area contributed by atoms with Crippen molar-refractivity contribution in [2.24, 2.45) is 0 Å². The number of amides is 1. The van der Waals surface area contributed by atoms with E-state index < -0.39 is 28.9 Å². The molecule has 0 bridgehead atoms. The molecule has 1 aliphatic rings. The predicted octanol–water partition coefficient (Wildman–Crippen LogP) is 11.1. The topological polar surface area (TPSA) is 29.1 Å². The minimum absolute atomic E-state index is 0.186. The molecule has 0 saturated carbocycles. The number of halogens is 6. The molecule has 10 heteroatoms. The molecular weight excluding hydrogens is 641 g/mol. The summed E-state index contributed by atoms with van der Waals surface area (Å²) in [5.74, 6) is -16.2. The largest absolute Gasteiger partial charge is 0.380 e. The van der Waals surface area contributed by atoms with Gasteiger partial charge in [0.25, 0.3) is 5.91 Å². The molecule has 3 aromatic carbocycles. The van der Waals surface area contributed by atoms with E-state index in [9.17, 15) is 4.79 Å². The first-order valence-corrected chi connectivity index (χ1v) is 16.0. The van der Waals surface area contributed by atoms with E-state index in [0.29, 0.717) is 26.4 Å².